The van der Waals surface area contributed by atoms with Crippen LogP contribution in [0.15, 0.2) is 54.0 Å². The molecule has 0 saturated heterocycles. The smallest absolute Gasteiger partial charge is 0.375 e. The molecule has 26 heavy (non-hydrogen) atoms. The molecule has 0 heterocycles. The van der Waals surface area contributed by atoms with Crippen molar-refractivity contribution < 1.29 is 23.8 Å². The number of carbonyl (C=O) groups is 2. The third-order valence-corrected chi connectivity index (χ3v) is 3.92. The lowest BCUT2D eigenvalue weighted by Gasteiger charge is -2.16. The van der Waals surface area contributed by atoms with Crippen molar-refractivity contribution in [1.82, 2.24) is 0 Å². The molecule has 0 atom stereocenters. The maximum atomic E-state index is 11.8. The van der Waals surface area contributed by atoms with E-state index < -0.39 is 11.8 Å². The number of carbonyl (C=O) groups excluding carboxylic acids is 2. The quantitative estimate of drug-likeness (QED) is 0.339. The Kier molecular flexibility index (Phi) is 8.46. The van der Waals surface area contributed by atoms with Crippen LogP contribution in [0.4, 0.5) is 0 Å². The van der Waals surface area contributed by atoms with Crippen LogP contribution in [-0.2, 0) is 30.4 Å². The van der Waals surface area contributed by atoms with Gasteiger partial charge in [-0.3, -0.25) is 4.79 Å². The zero-order chi connectivity index (χ0) is 18.6. The monoisotopic (exact) mass is 358 g/mol. The van der Waals surface area contributed by atoms with Gasteiger partial charge in [-0.2, -0.15) is 0 Å². The first-order chi connectivity index (χ1) is 12.7. The maximum absolute atomic E-state index is 11.8. The van der Waals surface area contributed by atoms with Crippen LogP contribution in [0.3, 0.4) is 0 Å². The van der Waals surface area contributed by atoms with Gasteiger partial charge in [-0.15, -0.1) is 0 Å². The van der Waals surface area contributed by atoms with E-state index in [1.54, 1.807) is 0 Å². The van der Waals surface area contributed by atoms with Gasteiger partial charge in [-0.05, 0) is 24.1 Å². The van der Waals surface area contributed by atoms with E-state index in [0.717, 1.165) is 49.4 Å². The molecule has 0 unspecified atom stereocenters. The molecule has 0 aromatic heterocycles. The van der Waals surface area contributed by atoms with E-state index in [2.05, 4.69) is 6.92 Å². The number of ether oxygens (including phenoxy) is 3. The Morgan fingerprint density at radius 1 is 0.962 bits per heavy atom. The summed E-state index contributed by atoms with van der Waals surface area (Å²) in [5, 5.41) is 0. The van der Waals surface area contributed by atoms with Gasteiger partial charge in [0, 0.05) is 12.8 Å². The fourth-order valence-electron chi connectivity index (χ4n) is 2.37. The van der Waals surface area contributed by atoms with Crippen LogP contribution in [-0.4, -0.2) is 25.0 Å². The van der Waals surface area contributed by atoms with Crippen LogP contribution in [0.2, 0.25) is 0 Å². The number of esters is 1. The fraction of sp³-hybridized carbons (Fsp3) is 0.429. The van der Waals surface area contributed by atoms with Gasteiger partial charge in [0.15, 0.2) is 0 Å². The number of benzene rings is 1. The minimum atomic E-state index is -0.818. The predicted molar refractivity (Wildman–Crippen MR) is 98.1 cm³/mol. The number of allylic oxidation sites excluding steroid dienone is 4. The molecule has 140 valence electrons. The summed E-state index contributed by atoms with van der Waals surface area (Å²) in [6.45, 7) is 3.14. The highest BCUT2D eigenvalue weighted by Crippen LogP contribution is 2.20. The van der Waals surface area contributed by atoms with Crippen LogP contribution in [0.1, 0.15) is 44.6 Å². The van der Waals surface area contributed by atoms with Gasteiger partial charge >= 0.3 is 5.97 Å². The Labute approximate surface area is 154 Å². The Bertz CT molecular complexity index is 646. The molecular weight excluding hydrogens is 332 g/mol. The van der Waals surface area contributed by atoms with Gasteiger partial charge in [0.1, 0.15) is 6.61 Å². The molecule has 1 aromatic rings. The zero-order valence-corrected chi connectivity index (χ0v) is 15.2. The topological polar surface area (TPSA) is 61.8 Å². The highest BCUT2D eigenvalue weighted by atomic mass is 16.5. The molecule has 1 aliphatic carbocycles. The summed E-state index contributed by atoms with van der Waals surface area (Å²) in [5.41, 5.74) is 0.848. The van der Waals surface area contributed by atoms with Crippen molar-refractivity contribution in [2.45, 2.75) is 45.6 Å². The van der Waals surface area contributed by atoms with Crippen molar-refractivity contribution >= 4 is 11.8 Å². The number of Topliss-reactive ketones (excluding diaryl/α,β-unsaturated/α-hetero) is 1. The standard InChI is InChI=1S/C21H26O5/c1-2-3-14-24-18-9-11-19(12-10-18)25-15-13-20(22)21(23)26-16-17-7-5-4-6-8-17/h4-9,11H,2-3,10,12-16H2,1H3. The van der Waals surface area contributed by atoms with Gasteiger partial charge in [-0.25, -0.2) is 4.79 Å². The summed E-state index contributed by atoms with van der Waals surface area (Å²) in [4.78, 5) is 23.5. The normalized spacial score (nSPS) is 13.4. The molecule has 0 spiro atoms. The lowest BCUT2D eigenvalue weighted by atomic mass is 10.1. The Morgan fingerprint density at radius 3 is 2.23 bits per heavy atom. The number of unbranched alkanes of at least 4 members (excludes halogenated alkanes) is 1. The van der Waals surface area contributed by atoms with E-state index in [0.29, 0.717) is 0 Å². The number of ketones is 1. The highest BCUT2D eigenvalue weighted by Gasteiger charge is 2.16. The second-order valence-corrected chi connectivity index (χ2v) is 6.05. The lowest BCUT2D eigenvalue weighted by Crippen LogP contribution is -2.19. The third kappa shape index (κ3) is 7.13. The molecule has 0 aliphatic heterocycles. The van der Waals surface area contributed by atoms with E-state index in [1.807, 2.05) is 42.5 Å². The van der Waals surface area contributed by atoms with E-state index in [-0.39, 0.29) is 19.6 Å². The molecular formula is C21H26O5. The van der Waals surface area contributed by atoms with Crippen molar-refractivity contribution in [3.8, 4) is 0 Å². The van der Waals surface area contributed by atoms with Crippen LogP contribution >= 0.6 is 0 Å². The van der Waals surface area contributed by atoms with Crippen molar-refractivity contribution in [2.24, 2.45) is 0 Å². The van der Waals surface area contributed by atoms with Crippen LogP contribution in [0.25, 0.3) is 0 Å². The highest BCUT2D eigenvalue weighted by molar-refractivity contribution is 6.33. The van der Waals surface area contributed by atoms with Crippen molar-refractivity contribution in [3.63, 3.8) is 0 Å². The summed E-state index contributed by atoms with van der Waals surface area (Å²) in [5.74, 6) is 0.378. The lowest BCUT2D eigenvalue weighted by molar-refractivity contribution is -0.155. The van der Waals surface area contributed by atoms with Gasteiger partial charge in [0.2, 0.25) is 5.78 Å². The first-order valence-corrected chi connectivity index (χ1v) is 9.08. The molecule has 1 aliphatic rings. The molecule has 5 nitrogen and oxygen atoms in total. The Morgan fingerprint density at radius 2 is 1.62 bits per heavy atom. The SMILES string of the molecule is CCCCOC1=CC=C(OCCC(=O)C(=O)OCc2ccccc2)CC1. The summed E-state index contributed by atoms with van der Waals surface area (Å²) in [7, 11) is 0. The van der Waals surface area contributed by atoms with Crippen molar-refractivity contribution in [1.29, 1.82) is 0 Å². The second kappa shape index (κ2) is 11.1. The average molecular weight is 358 g/mol. The number of hydrogen-bond acceptors (Lipinski definition) is 5. The van der Waals surface area contributed by atoms with E-state index in [4.69, 9.17) is 14.2 Å². The fourth-order valence-corrected chi connectivity index (χ4v) is 2.37. The molecule has 0 amide bonds. The molecule has 0 N–H and O–H groups in total. The summed E-state index contributed by atoms with van der Waals surface area (Å²) in [6, 6.07) is 9.26. The molecule has 1 aromatic carbocycles. The Hall–Kier alpha value is -2.56. The zero-order valence-electron chi connectivity index (χ0n) is 15.2. The first kappa shape index (κ1) is 19.8. The van der Waals surface area contributed by atoms with Crippen molar-refractivity contribution in [3.05, 3.63) is 59.6 Å². The summed E-state index contributed by atoms with van der Waals surface area (Å²) in [6.07, 6.45) is 7.47. The molecule has 0 fully saturated rings. The van der Waals surface area contributed by atoms with E-state index in [9.17, 15) is 9.59 Å². The van der Waals surface area contributed by atoms with E-state index >= 15 is 0 Å². The van der Waals surface area contributed by atoms with Crippen molar-refractivity contribution in [2.75, 3.05) is 13.2 Å². The van der Waals surface area contributed by atoms with Crippen LogP contribution < -0.4 is 0 Å². The minimum Gasteiger partial charge on any atom is -0.498 e. The summed E-state index contributed by atoms with van der Waals surface area (Å²) >= 11 is 0. The minimum absolute atomic E-state index is 0.00847. The molecule has 0 saturated carbocycles. The number of hydrogen-bond donors (Lipinski definition) is 0. The van der Waals surface area contributed by atoms with Crippen LogP contribution in [0, 0.1) is 0 Å². The predicted octanol–water partition coefficient (Wildman–Crippen LogP) is 4.08. The van der Waals surface area contributed by atoms with Gasteiger partial charge < -0.3 is 14.2 Å². The van der Waals surface area contributed by atoms with Gasteiger partial charge in [0.05, 0.1) is 31.2 Å². The molecule has 2 rings (SSSR count). The molecule has 0 radical (unpaired) electrons. The number of rotatable bonds is 11. The molecule has 0 bridgehead atoms. The summed E-state index contributed by atoms with van der Waals surface area (Å²) < 4.78 is 16.2. The maximum Gasteiger partial charge on any atom is 0.375 e. The van der Waals surface area contributed by atoms with Gasteiger partial charge in [0.25, 0.3) is 0 Å². The van der Waals surface area contributed by atoms with Gasteiger partial charge in [-0.1, -0.05) is 43.7 Å². The first-order valence-electron chi connectivity index (χ1n) is 9.08. The van der Waals surface area contributed by atoms with E-state index in [1.165, 1.54) is 0 Å². The second-order valence-electron chi connectivity index (χ2n) is 6.05. The Balaban J connectivity index is 1.64. The largest absolute Gasteiger partial charge is 0.498 e. The molecule has 5 heteroatoms. The third-order valence-electron chi connectivity index (χ3n) is 3.92. The van der Waals surface area contributed by atoms with Crippen LogP contribution in [0.5, 0.6) is 0 Å². The average Bonchev–Trinajstić information content (AvgIpc) is 2.68.